The van der Waals surface area contributed by atoms with Crippen LogP contribution in [0.4, 0.5) is 19.3 Å². The normalized spacial score (nSPS) is 16.2. The summed E-state index contributed by atoms with van der Waals surface area (Å²) in [5, 5.41) is 9.05. The van der Waals surface area contributed by atoms with Crippen molar-refractivity contribution < 1.29 is 23.5 Å². The number of urea groups is 1. The monoisotopic (exact) mass is 437 g/mol. The van der Waals surface area contributed by atoms with Crippen LogP contribution in [-0.4, -0.2) is 60.1 Å². The van der Waals surface area contributed by atoms with Crippen molar-refractivity contribution in [1.82, 2.24) is 9.80 Å². The molecule has 0 spiro atoms. The number of halogens is 3. The number of carboxylic acid groups (broad SMARTS) is 1. The first-order chi connectivity index (χ1) is 14.2. The molecule has 0 saturated carbocycles. The number of carboxylic acids is 1. The highest BCUT2D eigenvalue weighted by molar-refractivity contribution is 6.33. The summed E-state index contributed by atoms with van der Waals surface area (Å²) in [6.07, 6.45) is 0.797. The minimum Gasteiger partial charge on any atom is -0.478 e. The van der Waals surface area contributed by atoms with Gasteiger partial charge < -0.3 is 14.9 Å². The van der Waals surface area contributed by atoms with E-state index in [-0.39, 0.29) is 40.5 Å². The molecule has 1 aliphatic rings. The first-order valence-corrected chi connectivity index (χ1v) is 9.75. The van der Waals surface area contributed by atoms with E-state index < -0.39 is 17.6 Å². The predicted octanol–water partition coefficient (Wildman–Crippen LogP) is 4.08. The predicted molar refractivity (Wildman–Crippen MR) is 110 cm³/mol. The minimum atomic E-state index is -1.25. The summed E-state index contributed by atoms with van der Waals surface area (Å²) in [5.41, 5.74) is 0.178. The van der Waals surface area contributed by atoms with Gasteiger partial charge in [-0.1, -0.05) is 17.7 Å². The van der Waals surface area contributed by atoms with Crippen LogP contribution in [0.3, 0.4) is 0 Å². The lowest BCUT2D eigenvalue weighted by Gasteiger charge is -2.29. The highest BCUT2D eigenvalue weighted by Crippen LogP contribution is 2.30. The molecule has 1 fully saturated rings. The number of nitrogens with zero attached hydrogens (tertiary/aromatic N) is 3. The topological polar surface area (TPSA) is 64.1 Å². The highest BCUT2D eigenvalue weighted by Gasteiger charge is 2.32. The molecule has 0 aliphatic carbocycles. The average Bonchev–Trinajstić information content (AvgIpc) is 3.17. The molecule has 9 heteroatoms. The lowest BCUT2D eigenvalue weighted by molar-refractivity contribution is 0.0696. The number of hydrogen-bond acceptors (Lipinski definition) is 3. The van der Waals surface area contributed by atoms with Crippen LogP contribution in [-0.2, 0) is 6.54 Å². The molecule has 1 aliphatic heterocycles. The van der Waals surface area contributed by atoms with Gasteiger partial charge in [0.25, 0.3) is 0 Å². The SMILES string of the molecule is CN(C)[C@@H]1CCN(C(=O)N(Cc2ccc(C(=O)O)cc2F)c2ccc(F)cc2Cl)C1. The van der Waals surface area contributed by atoms with E-state index in [1.165, 1.54) is 29.2 Å². The molecule has 1 N–H and O–H groups in total. The van der Waals surface area contributed by atoms with Crippen molar-refractivity contribution in [2.24, 2.45) is 0 Å². The molecule has 160 valence electrons. The van der Waals surface area contributed by atoms with E-state index in [0.717, 1.165) is 18.6 Å². The van der Waals surface area contributed by atoms with Crippen LogP contribution >= 0.6 is 11.6 Å². The zero-order valence-electron chi connectivity index (χ0n) is 16.6. The molecule has 3 rings (SSSR count). The number of carbonyl (C=O) groups excluding carboxylic acids is 1. The first kappa shape index (κ1) is 22.0. The Bertz CT molecular complexity index is 971. The van der Waals surface area contributed by atoms with Gasteiger partial charge in [0.05, 0.1) is 22.8 Å². The summed E-state index contributed by atoms with van der Waals surface area (Å²) < 4.78 is 28.1. The Labute approximate surface area is 178 Å². The summed E-state index contributed by atoms with van der Waals surface area (Å²) in [5.74, 6) is -2.55. The van der Waals surface area contributed by atoms with Crippen molar-refractivity contribution >= 4 is 29.3 Å². The standard InChI is InChI=1S/C21H22ClF2N3O3/c1-25(2)16-7-8-26(12-16)21(30)27(19-6-5-15(23)10-17(19)22)11-14-4-3-13(20(28)29)9-18(14)24/h3-6,9-10,16H,7-8,11-12H2,1-2H3,(H,28,29)/t16-/m1/s1. The van der Waals surface area contributed by atoms with E-state index in [0.29, 0.717) is 13.1 Å². The zero-order valence-corrected chi connectivity index (χ0v) is 17.4. The molecule has 1 saturated heterocycles. The van der Waals surface area contributed by atoms with Gasteiger partial charge in [-0.15, -0.1) is 0 Å². The molecule has 2 aromatic carbocycles. The maximum atomic E-state index is 14.5. The van der Waals surface area contributed by atoms with Gasteiger partial charge in [-0.3, -0.25) is 4.90 Å². The van der Waals surface area contributed by atoms with Crippen LogP contribution in [0.5, 0.6) is 0 Å². The number of hydrogen-bond donors (Lipinski definition) is 1. The van der Waals surface area contributed by atoms with Crippen molar-refractivity contribution in [3.63, 3.8) is 0 Å². The number of anilines is 1. The van der Waals surface area contributed by atoms with Gasteiger partial charge in [0.2, 0.25) is 0 Å². The fourth-order valence-corrected chi connectivity index (χ4v) is 3.71. The largest absolute Gasteiger partial charge is 0.478 e. The number of rotatable bonds is 5. The number of amides is 2. The third-order valence-corrected chi connectivity index (χ3v) is 5.53. The van der Waals surface area contributed by atoms with Crippen molar-refractivity contribution in [2.45, 2.75) is 19.0 Å². The smallest absolute Gasteiger partial charge is 0.335 e. The Morgan fingerprint density at radius 1 is 1.20 bits per heavy atom. The Kier molecular flexibility index (Phi) is 6.58. The number of aromatic carboxylic acids is 1. The van der Waals surface area contributed by atoms with Crippen LogP contribution < -0.4 is 4.90 Å². The molecule has 0 radical (unpaired) electrons. The van der Waals surface area contributed by atoms with E-state index >= 15 is 0 Å². The van der Waals surface area contributed by atoms with Gasteiger partial charge >= 0.3 is 12.0 Å². The second kappa shape index (κ2) is 8.97. The lowest BCUT2D eigenvalue weighted by atomic mass is 10.1. The molecule has 0 unspecified atom stereocenters. The molecule has 2 aromatic rings. The molecule has 6 nitrogen and oxygen atoms in total. The third-order valence-electron chi connectivity index (χ3n) is 5.22. The molecule has 1 heterocycles. The van der Waals surface area contributed by atoms with Crippen LogP contribution in [0.15, 0.2) is 36.4 Å². The van der Waals surface area contributed by atoms with Gasteiger partial charge in [-0.05, 0) is 50.8 Å². The van der Waals surface area contributed by atoms with E-state index in [1.807, 2.05) is 19.0 Å². The van der Waals surface area contributed by atoms with Crippen molar-refractivity contribution in [1.29, 1.82) is 0 Å². The lowest BCUT2D eigenvalue weighted by Crippen LogP contribution is -2.43. The van der Waals surface area contributed by atoms with Crippen LogP contribution in [0, 0.1) is 11.6 Å². The van der Waals surface area contributed by atoms with Gasteiger partial charge in [0.1, 0.15) is 11.6 Å². The fourth-order valence-electron chi connectivity index (χ4n) is 3.44. The second-order valence-electron chi connectivity index (χ2n) is 7.43. The molecule has 0 aromatic heterocycles. The van der Waals surface area contributed by atoms with Crippen molar-refractivity contribution in [2.75, 3.05) is 32.1 Å². The van der Waals surface area contributed by atoms with Gasteiger partial charge in [0.15, 0.2) is 0 Å². The number of benzene rings is 2. The summed E-state index contributed by atoms with van der Waals surface area (Å²) >= 11 is 6.19. The third kappa shape index (κ3) is 4.71. The van der Waals surface area contributed by atoms with E-state index in [9.17, 15) is 18.4 Å². The highest BCUT2D eigenvalue weighted by atomic mass is 35.5. The van der Waals surface area contributed by atoms with Crippen LogP contribution in [0.25, 0.3) is 0 Å². The summed E-state index contributed by atoms with van der Waals surface area (Å²) in [6.45, 7) is 0.845. The molecule has 2 amide bonds. The van der Waals surface area contributed by atoms with Crippen LogP contribution in [0.2, 0.25) is 5.02 Å². The average molecular weight is 438 g/mol. The molecule has 30 heavy (non-hydrogen) atoms. The van der Waals surface area contributed by atoms with E-state index in [1.54, 1.807) is 4.90 Å². The van der Waals surface area contributed by atoms with E-state index in [4.69, 9.17) is 16.7 Å². The molecular weight excluding hydrogens is 416 g/mol. The number of carbonyl (C=O) groups is 2. The second-order valence-corrected chi connectivity index (χ2v) is 7.84. The zero-order chi connectivity index (χ0) is 22.0. The Balaban J connectivity index is 1.94. The molecule has 0 bridgehead atoms. The fraction of sp³-hybridized carbons (Fsp3) is 0.333. The molecular formula is C21H22ClF2N3O3. The number of likely N-dealkylation sites (tertiary alicyclic amines) is 1. The quantitative estimate of drug-likeness (QED) is 0.765. The van der Waals surface area contributed by atoms with Crippen molar-refractivity contribution in [3.05, 3.63) is 64.2 Å². The first-order valence-electron chi connectivity index (χ1n) is 9.37. The summed E-state index contributed by atoms with van der Waals surface area (Å²) in [7, 11) is 3.87. The molecule has 1 atom stereocenters. The minimum absolute atomic E-state index is 0.0225. The van der Waals surface area contributed by atoms with E-state index in [2.05, 4.69) is 0 Å². The van der Waals surface area contributed by atoms with Gasteiger partial charge in [-0.25, -0.2) is 18.4 Å². The Hall–Kier alpha value is -2.71. The maximum Gasteiger partial charge on any atom is 0.335 e. The number of likely N-dealkylation sites (N-methyl/N-ethyl adjacent to an activating group) is 1. The Morgan fingerprint density at radius 2 is 1.93 bits per heavy atom. The summed E-state index contributed by atoms with van der Waals surface area (Å²) in [4.78, 5) is 29.3. The van der Waals surface area contributed by atoms with Crippen molar-refractivity contribution in [3.8, 4) is 0 Å². The van der Waals surface area contributed by atoms with Gasteiger partial charge in [-0.2, -0.15) is 0 Å². The summed E-state index contributed by atoms with van der Waals surface area (Å²) in [6, 6.07) is 6.96. The maximum absolute atomic E-state index is 14.5. The Morgan fingerprint density at radius 3 is 2.50 bits per heavy atom. The van der Waals surface area contributed by atoms with Crippen LogP contribution in [0.1, 0.15) is 22.3 Å². The van der Waals surface area contributed by atoms with Gasteiger partial charge in [0, 0.05) is 24.7 Å².